The van der Waals surface area contributed by atoms with Gasteiger partial charge < -0.3 is 10.3 Å². The largest absolute Gasteiger partial charge is 0.382 e. The van der Waals surface area contributed by atoms with Crippen LogP contribution in [-0.2, 0) is 19.9 Å². The lowest BCUT2D eigenvalue weighted by Gasteiger charge is -2.06. The average Bonchev–Trinajstić information content (AvgIpc) is 3.00. The van der Waals surface area contributed by atoms with Gasteiger partial charge in [0, 0.05) is 18.8 Å². The average molecular weight is 264 g/mol. The van der Waals surface area contributed by atoms with Gasteiger partial charge in [-0.05, 0) is 29.9 Å². The lowest BCUT2D eigenvalue weighted by Crippen LogP contribution is -1.98. The van der Waals surface area contributed by atoms with Crippen LogP contribution in [0.15, 0.2) is 36.8 Å². The van der Waals surface area contributed by atoms with E-state index in [1.807, 2.05) is 11.6 Å². The fraction of sp³-hybridized carbons (Fsp3) is 0.250. The van der Waals surface area contributed by atoms with Gasteiger partial charge in [-0.3, -0.25) is 0 Å². The molecule has 4 nitrogen and oxygen atoms in total. The van der Waals surface area contributed by atoms with Crippen molar-refractivity contribution < 1.29 is 0 Å². The van der Waals surface area contributed by atoms with Crippen molar-refractivity contribution in [1.82, 2.24) is 14.5 Å². The van der Waals surface area contributed by atoms with Crippen LogP contribution in [0.25, 0.3) is 11.0 Å². The SMILES string of the molecule is Cn1cc(C2Cc3ccccc3C2)c2ncnc(N)c21. The Bertz CT molecular complexity index is 778. The number of fused-ring (bicyclic) bond motifs is 2. The molecule has 0 fully saturated rings. The number of nitrogens with zero attached hydrogens (tertiary/aromatic N) is 3. The molecule has 20 heavy (non-hydrogen) atoms. The van der Waals surface area contributed by atoms with Gasteiger partial charge in [0.1, 0.15) is 11.8 Å². The van der Waals surface area contributed by atoms with E-state index >= 15 is 0 Å². The number of hydrogen-bond donors (Lipinski definition) is 1. The predicted molar refractivity (Wildman–Crippen MR) is 79.5 cm³/mol. The molecule has 2 aromatic heterocycles. The molecule has 0 spiro atoms. The Labute approximate surface area is 117 Å². The van der Waals surface area contributed by atoms with Crippen molar-refractivity contribution in [1.29, 1.82) is 0 Å². The van der Waals surface area contributed by atoms with E-state index in [1.54, 1.807) is 6.33 Å². The van der Waals surface area contributed by atoms with Crippen molar-refractivity contribution in [3.05, 3.63) is 53.5 Å². The van der Waals surface area contributed by atoms with Crippen LogP contribution in [0.1, 0.15) is 22.6 Å². The number of aryl methyl sites for hydroxylation is 1. The molecule has 0 amide bonds. The van der Waals surface area contributed by atoms with Crippen molar-refractivity contribution >= 4 is 16.9 Å². The highest BCUT2D eigenvalue weighted by molar-refractivity contribution is 5.88. The predicted octanol–water partition coefficient (Wildman–Crippen LogP) is 2.43. The Balaban J connectivity index is 1.84. The fourth-order valence-corrected chi connectivity index (χ4v) is 3.36. The molecule has 0 unspecified atom stereocenters. The third kappa shape index (κ3) is 1.54. The summed E-state index contributed by atoms with van der Waals surface area (Å²) in [5, 5.41) is 0. The summed E-state index contributed by atoms with van der Waals surface area (Å²) in [6.07, 6.45) is 5.88. The van der Waals surface area contributed by atoms with E-state index in [2.05, 4.69) is 40.4 Å². The minimum atomic E-state index is 0.491. The molecule has 0 saturated carbocycles. The highest BCUT2D eigenvalue weighted by Gasteiger charge is 2.26. The maximum Gasteiger partial charge on any atom is 0.151 e. The first-order valence-electron chi connectivity index (χ1n) is 6.86. The molecule has 2 heterocycles. The molecule has 1 aromatic carbocycles. The Hall–Kier alpha value is -2.36. The lowest BCUT2D eigenvalue weighted by atomic mass is 9.98. The van der Waals surface area contributed by atoms with Crippen molar-refractivity contribution in [2.45, 2.75) is 18.8 Å². The molecule has 0 atom stereocenters. The first kappa shape index (κ1) is 11.5. The first-order valence-corrected chi connectivity index (χ1v) is 6.86. The van der Waals surface area contributed by atoms with Gasteiger partial charge in [0.05, 0.1) is 5.52 Å². The van der Waals surface area contributed by atoms with Crippen molar-refractivity contribution in [2.24, 2.45) is 7.05 Å². The molecule has 1 aliphatic carbocycles. The van der Waals surface area contributed by atoms with E-state index < -0.39 is 0 Å². The van der Waals surface area contributed by atoms with Gasteiger partial charge in [0.2, 0.25) is 0 Å². The van der Waals surface area contributed by atoms with Crippen molar-refractivity contribution in [3.8, 4) is 0 Å². The zero-order valence-corrected chi connectivity index (χ0v) is 11.4. The Kier molecular flexibility index (Phi) is 2.33. The number of rotatable bonds is 1. The standard InChI is InChI=1S/C16H16N4/c1-20-8-13(14-15(20)16(17)19-9-18-14)12-6-10-4-2-3-5-11(10)7-12/h2-5,8-9,12H,6-7H2,1H3,(H2,17,18,19). The van der Waals surface area contributed by atoms with Gasteiger partial charge in [-0.1, -0.05) is 24.3 Å². The zero-order valence-electron chi connectivity index (χ0n) is 11.4. The van der Waals surface area contributed by atoms with Crippen LogP contribution in [0, 0.1) is 0 Å². The van der Waals surface area contributed by atoms with Crippen LogP contribution in [0.5, 0.6) is 0 Å². The van der Waals surface area contributed by atoms with Gasteiger partial charge in [-0.15, -0.1) is 0 Å². The maximum atomic E-state index is 5.98. The highest BCUT2D eigenvalue weighted by Crippen LogP contribution is 2.37. The summed E-state index contributed by atoms with van der Waals surface area (Å²) in [6, 6.07) is 8.68. The molecule has 4 rings (SSSR count). The minimum absolute atomic E-state index is 0.491. The quantitative estimate of drug-likeness (QED) is 0.734. The van der Waals surface area contributed by atoms with E-state index in [4.69, 9.17) is 5.73 Å². The molecule has 100 valence electrons. The summed E-state index contributed by atoms with van der Waals surface area (Å²) in [4.78, 5) is 8.55. The third-order valence-electron chi connectivity index (χ3n) is 4.30. The summed E-state index contributed by atoms with van der Waals surface area (Å²) in [5.41, 5.74) is 12.1. The van der Waals surface area contributed by atoms with Crippen LogP contribution in [0.3, 0.4) is 0 Å². The number of anilines is 1. The molecule has 0 bridgehead atoms. The molecular weight excluding hydrogens is 248 g/mol. The monoisotopic (exact) mass is 264 g/mol. The first-order chi connectivity index (χ1) is 9.74. The molecule has 1 aliphatic rings. The smallest absolute Gasteiger partial charge is 0.151 e. The zero-order chi connectivity index (χ0) is 13.7. The summed E-state index contributed by atoms with van der Waals surface area (Å²) < 4.78 is 2.04. The topological polar surface area (TPSA) is 56.7 Å². The Morgan fingerprint density at radius 3 is 2.55 bits per heavy atom. The van der Waals surface area contributed by atoms with Crippen molar-refractivity contribution in [3.63, 3.8) is 0 Å². The van der Waals surface area contributed by atoms with Gasteiger partial charge in [0.15, 0.2) is 5.82 Å². The second kappa shape index (κ2) is 4.07. The van der Waals surface area contributed by atoms with Crippen LogP contribution >= 0.6 is 0 Å². The van der Waals surface area contributed by atoms with E-state index in [0.717, 1.165) is 23.9 Å². The van der Waals surface area contributed by atoms with E-state index in [9.17, 15) is 0 Å². The number of nitrogens with two attached hydrogens (primary N) is 1. The fourth-order valence-electron chi connectivity index (χ4n) is 3.36. The van der Waals surface area contributed by atoms with Crippen molar-refractivity contribution in [2.75, 3.05) is 5.73 Å². The number of aromatic nitrogens is 3. The highest BCUT2D eigenvalue weighted by atomic mass is 15.0. The molecule has 2 N–H and O–H groups in total. The van der Waals surface area contributed by atoms with Crippen LogP contribution in [-0.4, -0.2) is 14.5 Å². The summed E-state index contributed by atoms with van der Waals surface area (Å²) >= 11 is 0. The van der Waals surface area contributed by atoms with Gasteiger partial charge in [0.25, 0.3) is 0 Å². The summed E-state index contributed by atoms with van der Waals surface area (Å²) in [7, 11) is 2.01. The second-order valence-corrected chi connectivity index (χ2v) is 5.53. The molecule has 0 radical (unpaired) electrons. The number of hydrogen-bond acceptors (Lipinski definition) is 3. The van der Waals surface area contributed by atoms with E-state index in [0.29, 0.717) is 11.7 Å². The number of nitrogen functional groups attached to an aromatic ring is 1. The molecule has 4 heteroatoms. The number of benzene rings is 1. The molecule has 0 aliphatic heterocycles. The molecular formula is C16H16N4. The molecule has 0 saturated heterocycles. The summed E-state index contributed by atoms with van der Waals surface area (Å²) in [6.45, 7) is 0. The second-order valence-electron chi connectivity index (χ2n) is 5.53. The third-order valence-corrected chi connectivity index (χ3v) is 4.30. The van der Waals surface area contributed by atoms with Gasteiger partial charge in [-0.2, -0.15) is 0 Å². The Morgan fingerprint density at radius 1 is 1.15 bits per heavy atom. The normalized spacial score (nSPS) is 14.8. The van der Waals surface area contributed by atoms with Gasteiger partial charge >= 0.3 is 0 Å². The Morgan fingerprint density at radius 2 is 1.85 bits per heavy atom. The molecule has 3 aromatic rings. The van der Waals surface area contributed by atoms with Crippen LogP contribution in [0.2, 0.25) is 0 Å². The van der Waals surface area contributed by atoms with Gasteiger partial charge in [-0.25, -0.2) is 9.97 Å². The minimum Gasteiger partial charge on any atom is -0.382 e. The summed E-state index contributed by atoms with van der Waals surface area (Å²) in [5.74, 6) is 1.05. The maximum absolute atomic E-state index is 5.98. The van der Waals surface area contributed by atoms with Crippen LogP contribution in [0.4, 0.5) is 5.82 Å². The lowest BCUT2D eigenvalue weighted by molar-refractivity contribution is 0.741. The van der Waals surface area contributed by atoms with E-state index in [1.165, 1.54) is 16.7 Å². The van der Waals surface area contributed by atoms with Crippen LogP contribution < -0.4 is 5.73 Å². The van der Waals surface area contributed by atoms with E-state index in [-0.39, 0.29) is 0 Å².